The Hall–Kier alpha value is -4.30. The molecule has 0 amide bonds. The van der Waals surface area contributed by atoms with Crippen molar-refractivity contribution in [1.82, 2.24) is 0 Å². The van der Waals surface area contributed by atoms with E-state index < -0.39 is 0 Å². The SMILES string of the molecule is CC1(C)c2ccccc2Oc2cc(-c3cccc(-c4ccc5c(c4)oc4ccccc45)c3)ccc21. The lowest BCUT2D eigenvalue weighted by Crippen LogP contribution is -2.24. The molecule has 0 N–H and O–H groups in total. The maximum Gasteiger partial charge on any atom is 0.136 e. The lowest BCUT2D eigenvalue weighted by molar-refractivity contribution is 0.418. The highest BCUT2D eigenvalue weighted by Crippen LogP contribution is 2.48. The van der Waals surface area contributed by atoms with Gasteiger partial charge in [0.05, 0.1) is 0 Å². The quantitative estimate of drug-likeness (QED) is 0.261. The van der Waals surface area contributed by atoms with Gasteiger partial charge in [0.15, 0.2) is 0 Å². The summed E-state index contributed by atoms with van der Waals surface area (Å²) < 4.78 is 12.5. The van der Waals surface area contributed by atoms with Crippen LogP contribution in [-0.2, 0) is 5.41 Å². The average Bonchev–Trinajstić information content (AvgIpc) is 3.26. The molecule has 168 valence electrons. The van der Waals surface area contributed by atoms with Gasteiger partial charge in [0.2, 0.25) is 0 Å². The number of benzene rings is 5. The zero-order chi connectivity index (χ0) is 23.6. The second kappa shape index (κ2) is 7.35. The van der Waals surface area contributed by atoms with E-state index in [0.29, 0.717) is 0 Å². The normalized spacial score (nSPS) is 13.9. The first-order valence-corrected chi connectivity index (χ1v) is 12.0. The second-order valence-electron chi connectivity index (χ2n) is 9.82. The third-order valence-corrected chi connectivity index (χ3v) is 7.34. The first-order valence-electron chi connectivity index (χ1n) is 12.0. The lowest BCUT2D eigenvalue weighted by atomic mass is 9.75. The van der Waals surface area contributed by atoms with E-state index in [1.807, 2.05) is 18.2 Å². The third kappa shape index (κ3) is 3.10. The van der Waals surface area contributed by atoms with Crippen molar-refractivity contribution in [3.8, 4) is 33.8 Å². The van der Waals surface area contributed by atoms with E-state index in [2.05, 4.69) is 105 Å². The molecule has 0 saturated heterocycles. The van der Waals surface area contributed by atoms with Crippen molar-refractivity contribution in [2.75, 3.05) is 0 Å². The summed E-state index contributed by atoms with van der Waals surface area (Å²) in [4.78, 5) is 0. The topological polar surface area (TPSA) is 22.4 Å². The average molecular weight is 453 g/mol. The second-order valence-corrected chi connectivity index (χ2v) is 9.82. The van der Waals surface area contributed by atoms with Crippen molar-refractivity contribution < 1.29 is 9.15 Å². The molecule has 1 aliphatic heterocycles. The number of rotatable bonds is 2. The molecule has 0 saturated carbocycles. The van der Waals surface area contributed by atoms with E-state index in [9.17, 15) is 0 Å². The molecule has 2 heteroatoms. The summed E-state index contributed by atoms with van der Waals surface area (Å²) in [7, 11) is 0. The predicted octanol–water partition coefficient (Wildman–Crippen LogP) is 9.35. The van der Waals surface area contributed by atoms with Crippen LogP contribution in [0.3, 0.4) is 0 Å². The highest BCUT2D eigenvalue weighted by atomic mass is 16.5. The van der Waals surface area contributed by atoms with Gasteiger partial charge in [-0.2, -0.15) is 0 Å². The molecule has 0 radical (unpaired) electrons. The Morgan fingerprint density at radius 1 is 0.486 bits per heavy atom. The summed E-state index contributed by atoms with van der Waals surface area (Å²) in [6.07, 6.45) is 0. The minimum atomic E-state index is -0.105. The zero-order valence-corrected chi connectivity index (χ0v) is 19.7. The fraction of sp³-hybridized carbons (Fsp3) is 0.0909. The Morgan fingerprint density at radius 2 is 1.14 bits per heavy atom. The highest BCUT2D eigenvalue weighted by molar-refractivity contribution is 6.05. The van der Waals surface area contributed by atoms with Gasteiger partial charge < -0.3 is 9.15 Å². The number of hydrogen-bond donors (Lipinski definition) is 0. The first-order chi connectivity index (χ1) is 17.1. The van der Waals surface area contributed by atoms with Crippen LogP contribution in [0.1, 0.15) is 25.0 Å². The zero-order valence-electron chi connectivity index (χ0n) is 19.7. The van der Waals surface area contributed by atoms with Crippen LogP contribution in [0.4, 0.5) is 0 Å². The minimum absolute atomic E-state index is 0.105. The Morgan fingerprint density at radius 3 is 2.03 bits per heavy atom. The van der Waals surface area contributed by atoms with Gasteiger partial charge in [-0.1, -0.05) is 86.6 Å². The van der Waals surface area contributed by atoms with Crippen LogP contribution in [-0.4, -0.2) is 0 Å². The van der Waals surface area contributed by atoms with Crippen molar-refractivity contribution in [2.24, 2.45) is 0 Å². The monoisotopic (exact) mass is 452 g/mol. The molecule has 0 aliphatic carbocycles. The number of furan rings is 1. The van der Waals surface area contributed by atoms with Gasteiger partial charge >= 0.3 is 0 Å². The first kappa shape index (κ1) is 20.1. The van der Waals surface area contributed by atoms with Gasteiger partial charge in [-0.3, -0.25) is 0 Å². The summed E-state index contributed by atoms with van der Waals surface area (Å²) >= 11 is 0. The van der Waals surface area contributed by atoms with Crippen molar-refractivity contribution in [3.05, 3.63) is 120 Å². The van der Waals surface area contributed by atoms with E-state index in [1.165, 1.54) is 11.1 Å². The molecule has 6 aromatic rings. The van der Waals surface area contributed by atoms with Crippen LogP contribution in [0.2, 0.25) is 0 Å². The Balaban J connectivity index is 1.29. The van der Waals surface area contributed by atoms with Gasteiger partial charge in [0.25, 0.3) is 0 Å². The fourth-order valence-electron chi connectivity index (χ4n) is 5.42. The van der Waals surface area contributed by atoms with Crippen LogP contribution < -0.4 is 4.74 Å². The molecule has 0 atom stereocenters. The molecule has 1 aromatic heterocycles. The molecule has 0 bridgehead atoms. The summed E-state index contributed by atoms with van der Waals surface area (Å²) in [5, 5.41) is 2.30. The molecular formula is C33H24O2. The number of para-hydroxylation sites is 2. The molecule has 0 fully saturated rings. The molecule has 35 heavy (non-hydrogen) atoms. The maximum atomic E-state index is 6.35. The molecule has 2 nitrogen and oxygen atoms in total. The standard InChI is InChI=1S/C33H24O2/c1-33(2)27-11-4-6-13-30(27)35-32-20-24(15-17-28(32)33)22-9-7-8-21(18-22)23-14-16-26-25-10-3-5-12-29(25)34-31(26)19-23/h3-20H,1-2H3. The van der Waals surface area contributed by atoms with Gasteiger partial charge in [-0.05, 0) is 58.7 Å². The van der Waals surface area contributed by atoms with Crippen LogP contribution in [0.5, 0.6) is 11.5 Å². The summed E-state index contributed by atoms with van der Waals surface area (Å²) in [5.41, 5.74) is 8.78. The third-order valence-electron chi connectivity index (χ3n) is 7.34. The predicted molar refractivity (Wildman–Crippen MR) is 143 cm³/mol. The maximum absolute atomic E-state index is 6.35. The highest BCUT2D eigenvalue weighted by Gasteiger charge is 2.33. The van der Waals surface area contributed by atoms with E-state index in [-0.39, 0.29) is 5.41 Å². The number of fused-ring (bicyclic) bond motifs is 5. The van der Waals surface area contributed by atoms with E-state index >= 15 is 0 Å². The smallest absolute Gasteiger partial charge is 0.136 e. The molecule has 0 unspecified atom stereocenters. The van der Waals surface area contributed by atoms with E-state index in [0.717, 1.165) is 55.7 Å². The molecule has 1 aliphatic rings. The van der Waals surface area contributed by atoms with Crippen LogP contribution >= 0.6 is 0 Å². The van der Waals surface area contributed by atoms with Crippen molar-refractivity contribution in [2.45, 2.75) is 19.3 Å². The Bertz CT molecular complexity index is 1750. The van der Waals surface area contributed by atoms with Gasteiger partial charge in [0.1, 0.15) is 22.7 Å². The summed E-state index contributed by atoms with van der Waals surface area (Å²) in [6, 6.07) is 38.3. The summed E-state index contributed by atoms with van der Waals surface area (Å²) in [5.74, 6) is 1.87. The van der Waals surface area contributed by atoms with Crippen LogP contribution in [0, 0.1) is 0 Å². The van der Waals surface area contributed by atoms with Crippen molar-refractivity contribution in [1.29, 1.82) is 0 Å². The Kier molecular flexibility index (Phi) is 4.22. The van der Waals surface area contributed by atoms with Gasteiger partial charge in [-0.15, -0.1) is 0 Å². The Labute approximate surface area is 204 Å². The largest absolute Gasteiger partial charge is 0.457 e. The van der Waals surface area contributed by atoms with E-state index in [4.69, 9.17) is 9.15 Å². The number of hydrogen-bond acceptors (Lipinski definition) is 2. The number of ether oxygens (including phenoxy) is 1. The minimum Gasteiger partial charge on any atom is -0.457 e. The van der Waals surface area contributed by atoms with Gasteiger partial charge in [0, 0.05) is 27.3 Å². The molecule has 7 rings (SSSR count). The molecule has 5 aromatic carbocycles. The fourth-order valence-corrected chi connectivity index (χ4v) is 5.42. The summed E-state index contributed by atoms with van der Waals surface area (Å²) in [6.45, 7) is 4.53. The van der Waals surface area contributed by atoms with Crippen LogP contribution in [0.25, 0.3) is 44.2 Å². The van der Waals surface area contributed by atoms with Crippen LogP contribution in [0.15, 0.2) is 114 Å². The van der Waals surface area contributed by atoms with E-state index in [1.54, 1.807) is 0 Å². The molecular weight excluding hydrogens is 428 g/mol. The van der Waals surface area contributed by atoms with Crippen molar-refractivity contribution >= 4 is 21.9 Å². The van der Waals surface area contributed by atoms with Crippen molar-refractivity contribution in [3.63, 3.8) is 0 Å². The lowest BCUT2D eigenvalue weighted by Gasteiger charge is -2.34. The molecule has 0 spiro atoms. The molecule has 2 heterocycles. The van der Waals surface area contributed by atoms with Gasteiger partial charge in [-0.25, -0.2) is 0 Å².